The average molecular weight is 201 g/mol. The van der Waals surface area contributed by atoms with E-state index in [1.807, 2.05) is 0 Å². The van der Waals surface area contributed by atoms with Gasteiger partial charge >= 0.3 is 0 Å². The fourth-order valence-corrected chi connectivity index (χ4v) is 2.51. The Bertz CT molecular complexity index is 164. The molecule has 1 nitrogen and oxygen atoms in total. The molecule has 2 heteroatoms. The van der Waals surface area contributed by atoms with Crippen LogP contribution in [0.15, 0.2) is 0 Å². The van der Waals surface area contributed by atoms with E-state index in [9.17, 15) is 4.39 Å². The molecule has 1 atom stereocenters. The molecule has 1 saturated carbocycles. The SMILES string of the molecule is CCCCC(CC)CC1(F)CC(N)C1. The van der Waals surface area contributed by atoms with E-state index < -0.39 is 5.67 Å². The van der Waals surface area contributed by atoms with Crippen LogP contribution in [0.3, 0.4) is 0 Å². The molecule has 0 saturated heterocycles. The molecule has 0 radical (unpaired) electrons. The zero-order valence-corrected chi connectivity index (χ0v) is 9.56. The van der Waals surface area contributed by atoms with Gasteiger partial charge < -0.3 is 5.73 Å². The van der Waals surface area contributed by atoms with Crippen LogP contribution < -0.4 is 5.73 Å². The van der Waals surface area contributed by atoms with E-state index in [4.69, 9.17) is 5.73 Å². The summed E-state index contributed by atoms with van der Waals surface area (Å²) in [6, 6.07) is 0.128. The standard InChI is InChI=1S/C12H24FN/c1-3-5-6-10(4-2)7-12(13)8-11(14)9-12/h10-11H,3-9,14H2,1-2H3. The zero-order valence-electron chi connectivity index (χ0n) is 9.56. The third kappa shape index (κ3) is 3.23. The van der Waals surface area contributed by atoms with E-state index in [2.05, 4.69) is 13.8 Å². The molecule has 1 unspecified atom stereocenters. The summed E-state index contributed by atoms with van der Waals surface area (Å²) >= 11 is 0. The van der Waals surface area contributed by atoms with Gasteiger partial charge in [-0.05, 0) is 25.2 Å². The van der Waals surface area contributed by atoms with Crippen molar-refractivity contribution < 1.29 is 4.39 Å². The maximum atomic E-state index is 13.9. The fourth-order valence-electron chi connectivity index (χ4n) is 2.51. The Balaban J connectivity index is 2.25. The molecule has 0 aromatic heterocycles. The summed E-state index contributed by atoms with van der Waals surface area (Å²) in [6.07, 6.45) is 6.69. The fraction of sp³-hybridized carbons (Fsp3) is 1.00. The second-order valence-corrected chi connectivity index (χ2v) is 4.94. The van der Waals surface area contributed by atoms with Crippen LogP contribution in [-0.4, -0.2) is 11.7 Å². The van der Waals surface area contributed by atoms with Crippen LogP contribution in [-0.2, 0) is 0 Å². The van der Waals surface area contributed by atoms with Crippen molar-refractivity contribution in [1.82, 2.24) is 0 Å². The van der Waals surface area contributed by atoms with E-state index in [1.54, 1.807) is 0 Å². The molecule has 0 bridgehead atoms. The smallest absolute Gasteiger partial charge is 0.114 e. The highest BCUT2D eigenvalue weighted by molar-refractivity contribution is 4.98. The first-order chi connectivity index (χ1) is 6.59. The third-order valence-electron chi connectivity index (χ3n) is 3.45. The number of nitrogens with two attached hydrogens (primary N) is 1. The molecule has 2 N–H and O–H groups in total. The normalized spacial score (nSPS) is 33.9. The highest BCUT2D eigenvalue weighted by atomic mass is 19.1. The van der Waals surface area contributed by atoms with Gasteiger partial charge in [0.2, 0.25) is 0 Å². The van der Waals surface area contributed by atoms with Gasteiger partial charge in [0, 0.05) is 6.04 Å². The Morgan fingerprint density at radius 1 is 1.43 bits per heavy atom. The van der Waals surface area contributed by atoms with E-state index in [0.717, 1.165) is 12.8 Å². The molecular formula is C12H24FN. The minimum atomic E-state index is -0.909. The van der Waals surface area contributed by atoms with Crippen LogP contribution >= 0.6 is 0 Å². The number of hydrogen-bond donors (Lipinski definition) is 1. The van der Waals surface area contributed by atoms with Crippen molar-refractivity contribution in [3.05, 3.63) is 0 Å². The van der Waals surface area contributed by atoms with E-state index in [-0.39, 0.29) is 6.04 Å². The molecule has 0 heterocycles. The lowest BCUT2D eigenvalue weighted by molar-refractivity contribution is 0.0163. The molecule has 0 aromatic carbocycles. The molecule has 0 aliphatic heterocycles. The summed E-state index contributed by atoms with van der Waals surface area (Å²) in [5.41, 5.74) is 4.72. The van der Waals surface area contributed by atoms with Crippen molar-refractivity contribution >= 4 is 0 Å². The Hall–Kier alpha value is -0.110. The van der Waals surface area contributed by atoms with Crippen molar-refractivity contribution in [2.75, 3.05) is 0 Å². The van der Waals surface area contributed by atoms with Gasteiger partial charge in [-0.25, -0.2) is 4.39 Å². The first-order valence-corrected chi connectivity index (χ1v) is 6.04. The average Bonchev–Trinajstić information content (AvgIpc) is 2.10. The lowest BCUT2D eigenvalue weighted by Crippen LogP contribution is -2.49. The van der Waals surface area contributed by atoms with Crippen LogP contribution in [0.5, 0.6) is 0 Å². The van der Waals surface area contributed by atoms with Crippen molar-refractivity contribution in [2.45, 2.75) is 70.5 Å². The maximum absolute atomic E-state index is 13.9. The molecule has 84 valence electrons. The van der Waals surface area contributed by atoms with Crippen LogP contribution in [0.1, 0.15) is 58.8 Å². The Labute approximate surface area is 87.3 Å². The van der Waals surface area contributed by atoms with Gasteiger partial charge in [-0.15, -0.1) is 0 Å². The highest BCUT2D eigenvalue weighted by Crippen LogP contribution is 2.41. The van der Waals surface area contributed by atoms with Crippen molar-refractivity contribution in [3.63, 3.8) is 0 Å². The Kier molecular flexibility index (Phi) is 4.36. The predicted octanol–water partition coefficient (Wildman–Crippen LogP) is 3.42. The lowest BCUT2D eigenvalue weighted by atomic mass is 9.71. The van der Waals surface area contributed by atoms with E-state index in [1.165, 1.54) is 19.3 Å². The summed E-state index contributed by atoms with van der Waals surface area (Å²) in [4.78, 5) is 0. The number of alkyl halides is 1. The van der Waals surface area contributed by atoms with Crippen LogP contribution in [0.2, 0.25) is 0 Å². The molecule has 0 spiro atoms. The predicted molar refractivity (Wildman–Crippen MR) is 59.0 cm³/mol. The van der Waals surface area contributed by atoms with Crippen molar-refractivity contribution in [1.29, 1.82) is 0 Å². The number of halogens is 1. The van der Waals surface area contributed by atoms with Crippen molar-refractivity contribution in [3.8, 4) is 0 Å². The first-order valence-electron chi connectivity index (χ1n) is 6.04. The second-order valence-electron chi connectivity index (χ2n) is 4.94. The topological polar surface area (TPSA) is 26.0 Å². The largest absolute Gasteiger partial charge is 0.327 e. The summed E-state index contributed by atoms with van der Waals surface area (Å²) in [5.74, 6) is 0.576. The van der Waals surface area contributed by atoms with Crippen LogP contribution in [0, 0.1) is 5.92 Å². The molecule has 1 rings (SSSR count). The molecule has 1 fully saturated rings. The van der Waals surface area contributed by atoms with Gasteiger partial charge in [-0.3, -0.25) is 0 Å². The maximum Gasteiger partial charge on any atom is 0.114 e. The first kappa shape index (κ1) is 12.0. The molecule has 1 aliphatic rings. The number of rotatable bonds is 6. The van der Waals surface area contributed by atoms with Gasteiger partial charge in [0.05, 0.1) is 0 Å². The highest BCUT2D eigenvalue weighted by Gasteiger charge is 2.43. The quantitative estimate of drug-likeness (QED) is 0.700. The summed E-state index contributed by atoms with van der Waals surface area (Å²) in [5, 5.41) is 0. The van der Waals surface area contributed by atoms with E-state index >= 15 is 0 Å². The lowest BCUT2D eigenvalue weighted by Gasteiger charge is -2.41. The van der Waals surface area contributed by atoms with Crippen LogP contribution in [0.4, 0.5) is 4.39 Å². The van der Waals surface area contributed by atoms with Gasteiger partial charge in [-0.1, -0.05) is 39.5 Å². The van der Waals surface area contributed by atoms with Gasteiger partial charge in [0.25, 0.3) is 0 Å². The minimum Gasteiger partial charge on any atom is -0.327 e. The minimum absolute atomic E-state index is 0.128. The van der Waals surface area contributed by atoms with Gasteiger partial charge in [0.1, 0.15) is 5.67 Å². The summed E-state index contributed by atoms with van der Waals surface area (Å²) in [7, 11) is 0. The Morgan fingerprint density at radius 2 is 2.07 bits per heavy atom. The number of unbranched alkanes of at least 4 members (excludes halogenated alkanes) is 1. The monoisotopic (exact) mass is 201 g/mol. The molecule has 0 amide bonds. The van der Waals surface area contributed by atoms with Crippen molar-refractivity contribution in [2.24, 2.45) is 11.7 Å². The Morgan fingerprint density at radius 3 is 2.50 bits per heavy atom. The molecule has 14 heavy (non-hydrogen) atoms. The third-order valence-corrected chi connectivity index (χ3v) is 3.45. The van der Waals surface area contributed by atoms with E-state index in [0.29, 0.717) is 18.8 Å². The van der Waals surface area contributed by atoms with Crippen LogP contribution in [0.25, 0.3) is 0 Å². The zero-order chi connectivity index (χ0) is 10.6. The van der Waals surface area contributed by atoms with Gasteiger partial charge in [-0.2, -0.15) is 0 Å². The molecule has 0 aromatic rings. The summed E-state index contributed by atoms with van der Waals surface area (Å²) < 4.78 is 13.9. The number of hydrogen-bond acceptors (Lipinski definition) is 1. The van der Waals surface area contributed by atoms with Gasteiger partial charge in [0.15, 0.2) is 0 Å². The molecular weight excluding hydrogens is 177 g/mol. The summed E-state index contributed by atoms with van der Waals surface area (Å²) in [6.45, 7) is 4.36. The second kappa shape index (κ2) is 5.11. The molecule has 1 aliphatic carbocycles.